The second kappa shape index (κ2) is 9.90. The smallest absolute Gasteiger partial charge is 0.444 e. The zero-order chi connectivity index (χ0) is 18.9. The minimum absolute atomic E-state index is 0.00926. The SMILES string of the molecule is CC(C)(C)OC(=O)NC1CCC(OC(=O)OCCCO[N+](=O)[O-])CC1. The van der Waals surface area contributed by atoms with Crippen LogP contribution in [0, 0.1) is 10.1 Å². The summed E-state index contributed by atoms with van der Waals surface area (Å²) in [6, 6.07) is -0.00926. The van der Waals surface area contributed by atoms with Crippen LogP contribution in [0.5, 0.6) is 0 Å². The van der Waals surface area contributed by atoms with Crippen molar-refractivity contribution in [3.8, 4) is 0 Å². The number of alkyl carbamates (subject to hydrolysis) is 1. The minimum atomic E-state index is -0.901. The van der Waals surface area contributed by atoms with E-state index in [1.807, 2.05) is 0 Å². The Kier molecular flexibility index (Phi) is 8.23. The number of nitrogens with one attached hydrogen (secondary N) is 1. The highest BCUT2D eigenvalue weighted by molar-refractivity contribution is 5.68. The maximum atomic E-state index is 11.7. The molecule has 144 valence electrons. The van der Waals surface area contributed by atoms with Crippen LogP contribution < -0.4 is 5.32 Å². The molecule has 0 aromatic heterocycles. The lowest BCUT2D eigenvalue weighted by molar-refractivity contribution is -0.757. The first kappa shape index (κ1) is 20.8. The Bertz CT molecular complexity index is 455. The van der Waals surface area contributed by atoms with Crippen LogP contribution in [0.4, 0.5) is 9.59 Å². The van der Waals surface area contributed by atoms with Gasteiger partial charge < -0.3 is 24.4 Å². The molecule has 1 N–H and O–H groups in total. The van der Waals surface area contributed by atoms with Crippen molar-refractivity contribution in [2.24, 2.45) is 0 Å². The van der Waals surface area contributed by atoms with E-state index in [-0.39, 0.29) is 31.8 Å². The third-order valence-electron chi connectivity index (χ3n) is 3.36. The van der Waals surface area contributed by atoms with Crippen molar-refractivity contribution >= 4 is 12.2 Å². The topological polar surface area (TPSA) is 126 Å². The molecule has 1 fully saturated rings. The second-order valence-electron chi connectivity index (χ2n) is 6.75. The summed E-state index contributed by atoms with van der Waals surface area (Å²) in [7, 11) is 0. The van der Waals surface area contributed by atoms with E-state index in [2.05, 4.69) is 10.2 Å². The van der Waals surface area contributed by atoms with Gasteiger partial charge in [-0.2, -0.15) is 0 Å². The third kappa shape index (κ3) is 10.3. The largest absolute Gasteiger partial charge is 0.508 e. The van der Waals surface area contributed by atoms with E-state index in [1.54, 1.807) is 20.8 Å². The van der Waals surface area contributed by atoms with E-state index in [4.69, 9.17) is 14.2 Å². The summed E-state index contributed by atoms with van der Waals surface area (Å²) < 4.78 is 15.2. The summed E-state index contributed by atoms with van der Waals surface area (Å²) in [4.78, 5) is 37.3. The molecule has 25 heavy (non-hydrogen) atoms. The average Bonchev–Trinajstić information content (AvgIpc) is 2.46. The van der Waals surface area contributed by atoms with Gasteiger partial charge in [-0.3, -0.25) is 0 Å². The Morgan fingerprint density at radius 2 is 1.80 bits per heavy atom. The summed E-state index contributed by atoms with van der Waals surface area (Å²) in [6.45, 7) is 5.25. The van der Waals surface area contributed by atoms with Crippen molar-refractivity contribution in [2.45, 2.75) is 70.6 Å². The summed E-state index contributed by atoms with van der Waals surface area (Å²) in [6.07, 6.45) is 1.27. The number of carbonyl (C=O) groups is 2. The van der Waals surface area contributed by atoms with Crippen LogP contribution in [0.25, 0.3) is 0 Å². The van der Waals surface area contributed by atoms with Crippen LogP contribution in [0.15, 0.2) is 0 Å². The predicted molar refractivity (Wildman–Crippen MR) is 85.4 cm³/mol. The Morgan fingerprint density at radius 3 is 2.36 bits per heavy atom. The van der Waals surface area contributed by atoms with E-state index < -0.39 is 22.9 Å². The number of hydrogen-bond acceptors (Lipinski definition) is 8. The van der Waals surface area contributed by atoms with E-state index in [9.17, 15) is 19.7 Å². The van der Waals surface area contributed by atoms with Gasteiger partial charge in [-0.15, -0.1) is 10.1 Å². The first-order valence-corrected chi connectivity index (χ1v) is 8.26. The Labute approximate surface area is 146 Å². The highest BCUT2D eigenvalue weighted by atomic mass is 16.9. The lowest BCUT2D eigenvalue weighted by Crippen LogP contribution is -2.42. The van der Waals surface area contributed by atoms with Crippen LogP contribution in [-0.4, -0.2) is 48.3 Å². The van der Waals surface area contributed by atoms with Crippen molar-refractivity contribution in [2.75, 3.05) is 13.2 Å². The van der Waals surface area contributed by atoms with Gasteiger partial charge in [0.15, 0.2) is 0 Å². The highest BCUT2D eigenvalue weighted by Crippen LogP contribution is 2.22. The van der Waals surface area contributed by atoms with Gasteiger partial charge in [-0.25, -0.2) is 9.59 Å². The molecule has 0 aromatic rings. The Hall–Kier alpha value is -2.26. The molecule has 0 heterocycles. The zero-order valence-corrected chi connectivity index (χ0v) is 14.8. The first-order chi connectivity index (χ1) is 11.7. The molecule has 0 aliphatic heterocycles. The summed E-state index contributed by atoms with van der Waals surface area (Å²) >= 11 is 0. The molecular weight excluding hydrogens is 336 g/mol. The fraction of sp³-hybridized carbons (Fsp3) is 0.867. The van der Waals surface area contributed by atoms with Crippen LogP contribution in [0.3, 0.4) is 0 Å². The number of hydrogen-bond donors (Lipinski definition) is 1. The number of carbonyl (C=O) groups excluding carboxylic acids is 2. The molecule has 0 spiro atoms. The van der Waals surface area contributed by atoms with E-state index in [0.29, 0.717) is 25.7 Å². The lowest BCUT2D eigenvalue weighted by atomic mass is 9.93. The number of ether oxygens (including phenoxy) is 3. The van der Waals surface area contributed by atoms with E-state index in [1.165, 1.54) is 0 Å². The fourth-order valence-corrected chi connectivity index (χ4v) is 2.32. The van der Waals surface area contributed by atoms with Crippen LogP contribution in [-0.2, 0) is 19.0 Å². The molecule has 0 bridgehead atoms. The molecule has 10 heteroatoms. The summed E-state index contributed by atoms with van der Waals surface area (Å²) in [5.74, 6) is 0. The predicted octanol–water partition coefficient (Wildman–Crippen LogP) is 2.57. The number of amides is 1. The summed E-state index contributed by atoms with van der Waals surface area (Å²) in [5, 5.41) is 11.8. The Morgan fingerprint density at radius 1 is 1.16 bits per heavy atom. The maximum absolute atomic E-state index is 11.7. The van der Waals surface area contributed by atoms with Gasteiger partial charge in [0.25, 0.3) is 5.09 Å². The minimum Gasteiger partial charge on any atom is -0.444 e. The molecule has 0 unspecified atom stereocenters. The molecule has 1 aliphatic rings. The molecule has 0 radical (unpaired) electrons. The quantitative estimate of drug-likeness (QED) is 0.317. The molecule has 0 aromatic carbocycles. The van der Waals surface area contributed by atoms with Crippen molar-refractivity contribution < 1.29 is 33.7 Å². The molecule has 0 atom stereocenters. The second-order valence-corrected chi connectivity index (χ2v) is 6.75. The fourth-order valence-electron chi connectivity index (χ4n) is 2.32. The normalized spacial score (nSPS) is 20.3. The lowest BCUT2D eigenvalue weighted by Gasteiger charge is -2.29. The molecule has 1 rings (SSSR count). The zero-order valence-electron chi connectivity index (χ0n) is 14.8. The Balaban J connectivity index is 2.14. The number of rotatable bonds is 7. The standard InChI is InChI=1S/C15H26N2O8/c1-15(2,3)25-13(18)16-11-5-7-12(8-6-11)24-14(19)22-9-4-10-23-17(20)21/h11-12H,4-10H2,1-3H3,(H,16,18). The van der Waals surface area contributed by atoms with Crippen molar-refractivity contribution in [3.05, 3.63) is 10.1 Å². The van der Waals surface area contributed by atoms with Gasteiger partial charge in [-0.1, -0.05) is 0 Å². The third-order valence-corrected chi connectivity index (χ3v) is 3.36. The molecule has 10 nitrogen and oxygen atoms in total. The summed E-state index contributed by atoms with van der Waals surface area (Å²) in [5.41, 5.74) is -0.543. The van der Waals surface area contributed by atoms with Gasteiger partial charge in [0.05, 0.1) is 13.2 Å². The number of nitrogens with zero attached hydrogens (tertiary/aromatic N) is 1. The molecule has 1 aliphatic carbocycles. The van der Waals surface area contributed by atoms with Crippen LogP contribution in [0.2, 0.25) is 0 Å². The molecule has 1 saturated carbocycles. The van der Waals surface area contributed by atoms with Gasteiger partial charge in [0, 0.05) is 12.5 Å². The highest BCUT2D eigenvalue weighted by Gasteiger charge is 2.27. The van der Waals surface area contributed by atoms with Gasteiger partial charge >= 0.3 is 12.2 Å². The molecule has 0 saturated heterocycles. The van der Waals surface area contributed by atoms with Crippen molar-refractivity contribution in [3.63, 3.8) is 0 Å². The van der Waals surface area contributed by atoms with Gasteiger partial charge in [0.2, 0.25) is 0 Å². The molecule has 1 amide bonds. The maximum Gasteiger partial charge on any atom is 0.508 e. The van der Waals surface area contributed by atoms with E-state index >= 15 is 0 Å². The first-order valence-electron chi connectivity index (χ1n) is 8.26. The monoisotopic (exact) mass is 362 g/mol. The molecular formula is C15H26N2O8. The van der Waals surface area contributed by atoms with Crippen LogP contribution in [0.1, 0.15) is 52.9 Å². The van der Waals surface area contributed by atoms with Crippen molar-refractivity contribution in [1.82, 2.24) is 5.32 Å². The van der Waals surface area contributed by atoms with Gasteiger partial charge in [0.1, 0.15) is 11.7 Å². The van der Waals surface area contributed by atoms with Gasteiger partial charge in [-0.05, 0) is 46.5 Å². The van der Waals surface area contributed by atoms with Crippen molar-refractivity contribution in [1.29, 1.82) is 0 Å². The van der Waals surface area contributed by atoms with E-state index in [0.717, 1.165) is 0 Å². The van der Waals surface area contributed by atoms with Crippen LogP contribution >= 0.6 is 0 Å². The average molecular weight is 362 g/mol.